The van der Waals surface area contributed by atoms with Gasteiger partial charge in [0.15, 0.2) is 5.13 Å². The van der Waals surface area contributed by atoms with Crippen LogP contribution in [0.1, 0.15) is 32.0 Å². The van der Waals surface area contributed by atoms with Crippen LogP contribution in [0.2, 0.25) is 0 Å². The first-order chi connectivity index (χ1) is 19.0. The molecule has 3 aromatic heterocycles. The summed E-state index contributed by atoms with van der Waals surface area (Å²) in [6.07, 6.45) is 1.13. The van der Waals surface area contributed by atoms with Gasteiger partial charge in [-0.15, -0.1) is 0 Å². The van der Waals surface area contributed by atoms with Crippen molar-refractivity contribution in [3.8, 4) is 27.8 Å². The largest absolute Gasteiger partial charge is 0.443 e. The average molecular weight is 557 g/mol. The average Bonchev–Trinajstić information content (AvgIpc) is 3.45. The number of amides is 2. The summed E-state index contributed by atoms with van der Waals surface area (Å²) in [6, 6.07) is 12.9. The van der Waals surface area contributed by atoms with Gasteiger partial charge in [0.25, 0.3) is 0 Å². The van der Waals surface area contributed by atoms with Gasteiger partial charge in [-0.3, -0.25) is 5.32 Å². The van der Waals surface area contributed by atoms with Crippen LogP contribution in [0.25, 0.3) is 32.7 Å². The lowest BCUT2D eigenvalue weighted by molar-refractivity contribution is -0.174. The normalized spacial score (nSPS) is 15.8. The second-order valence-electron chi connectivity index (χ2n) is 11.4. The number of thiazole rings is 1. The minimum atomic E-state index is -0.661. The Balaban J connectivity index is 1.42. The van der Waals surface area contributed by atoms with Crippen molar-refractivity contribution in [2.75, 3.05) is 31.6 Å². The fourth-order valence-corrected chi connectivity index (χ4v) is 6.03. The van der Waals surface area contributed by atoms with E-state index in [1.165, 1.54) is 15.9 Å². The molecule has 0 atom stereocenters. The molecule has 2 saturated heterocycles. The van der Waals surface area contributed by atoms with Crippen molar-refractivity contribution in [2.45, 2.75) is 33.3 Å². The number of carbonyl (C=O) groups is 2. The van der Waals surface area contributed by atoms with E-state index in [-0.39, 0.29) is 11.4 Å². The maximum Gasteiger partial charge on any atom is 0.420 e. The summed E-state index contributed by atoms with van der Waals surface area (Å²) in [5.74, 6) is 0. The summed E-state index contributed by atoms with van der Waals surface area (Å²) >= 11 is 1.34. The highest BCUT2D eigenvalue weighted by molar-refractivity contribution is 7.19. The number of carbonyl (C=O) groups excluding carboxylic acids is 2. The second-order valence-corrected chi connectivity index (χ2v) is 12.4. The fourth-order valence-electron chi connectivity index (χ4n) is 5.02. The van der Waals surface area contributed by atoms with Crippen LogP contribution < -0.4 is 5.32 Å². The van der Waals surface area contributed by atoms with Crippen molar-refractivity contribution in [3.63, 3.8) is 0 Å². The lowest BCUT2D eigenvalue weighted by atomic mass is 9.78. The summed E-state index contributed by atoms with van der Waals surface area (Å²) in [7, 11) is 0. The molecule has 2 fully saturated rings. The number of aryl methyl sites for hydroxylation is 1. The van der Waals surface area contributed by atoms with Crippen LogP contribution in [-0.2, 0) is 9.47 Å². The Bertz CT molecular complexity index is 1700. The predicted molar refractivity (Wildman–Crippen MR) is 151 cm³/mol. The summed E-state index contributed by atoms with van der Waals surface area (Å²) in [6.45, 7) is 10.0. The molecule has 2 amide bonds. The zero-order chi connectivity index (χ0) is 28.2. The number of rotatable bonds is 3. The third kappa shape index (κ3) is 4.69. The second kappa shape index (κ2) is 9.43. The third-order valence-electron chi connectivity index (χ3n) is 6.88. The predicted octanol–water partition coefficient (Wildman–Crippen LogP) is 5.65. The first-order valence-corrected chi connectivity index (χ1v) is 13.7. The highest BCUT2D eigenvalue weighted by Gasteiger charge is 2.50. The molecular formula is C29H28N6O4S. The zero-order valence-corrected chi connectivity index (χ0v) is 23.5. The molecule has 0 unspecified atom stereocenters. The quantitative estimate of drug-likeness (QED) is 0.346. The van der Waals surface area contributed by atoms with Gasteiger partial charge in [0.05, 0.1) is 40.8 Å². The van der Waals surface area contributed by atoms with Gasteiger partial charge in [-0.05, 0) is 52.0 Å². The van der Waals surface area contributed by atoms with E-state index in [0.717, 1.165) is 21.4 Å². The Labute approximate surface area is 235 Å². The van der Waals surface area contributed by atoms with E-state index in [1.54, 1.807) is 23.2 Å². The maximum atomic E-state index is 13.0. The van der Waals surface area contributed by atoms with Crippen molar-refractivity contribution in [1.82, 2.24) is 19.4 Å². The van der Waals surface area contributed by atoms with E-state index in [9.17, 15) is 14.9 Å². The number of nitrogens with one attached hydrogen (secondary N) is 1. The number of fused-ring (bicyclic) bond motifs is 1. The SMILES string of the molecule is Cc1cc(-c2sc(NC(=O)N3CC4(COC4)C3)nc2-c2cccc(C#N)c2)c2ccn(C(=O)OC(C)(C)C)c2n1. The zero-order valence-electron chi connectivity index (χ0n) is 22.6. The Kier molecular flexibility index (Phi) is 6.12. The van der Waals surface area contributed by atoms with Crippen LogP contribution in [0.3, 0.4) is 0 Å². The monoisotopic (exact) mass is 556 g/mol. The van der Waals surface area contributed by atoms with Crippen molar-refractivity contribution in [3.05, 3.63) is 53.9 Å². The minimum absolute atomic E-state index is 0.107. The number of likely N-dealkylation sites (tertiary alicyclic amines) is 1. The lowest BCUT2D eigenvalue weighted by Crippen LogP contribution is -2.67. The molecule has 10 nitrogen and oxygen atoms in total. The first kappa shape index (κ1) is 26.0. The standard InChI is InChI=1S/C29H28N6O4S/c1-17-10-21(20-8-9-35(24(20)31-17)27(37)39-28(2,3)4)23-22(19-7-5-6-18(11-19)12-30)32-25(40-23)33-26(36)34-13-29(14-34)15-38-16-29/h5-11H,13-16H2,1-4H3,(H,32,33,36). The Hall–Kier alpha value is -4.27. The Morgan fingerprint density at radius 2 is 1.95 bits per heavy atom. The highest BCUT2D eigenvalue weighted by Crippen LogP contribution is 2.43. The van der Waals surface area contributed by atoms with Gasteiger partial charge < -0.3 is 14.4 Å². The molecule has 0 radical (unpaired) electrons. The summed E-state index contributed by atoms with van der Waals surface area (Å²) < 4.78 is 12.3. The number of nitriles is 1. The van der Waals surface area contributed by atoms with E-state index >= 15 is 0 Å². The number of urea groups is 1. The van der Waals surface area contributed by atoms with Crippen LogP contribution >= 0.6 is 11.3 Å². The molecule has 2 aliphatic heterocycles. The number of pyridine rings is 1. The van der Waals surface area contributed by atoms with E-state index in [1.807, 2.05) is 52.0 Å². The number of benzene rings is 1. The molecule has 1 spiro atoms. The molecule has 1 aromatic carbocycles. The third-order valence-corrected chi connectivity index (χ3v) is 7.89. The number of hydrogen-bond acceptors (Lipinski definition) is 8. The van der Waals surface area contributed by atoms with E-state index < -0.39 is 11.7 Å². The number of anilines is 1. The van der Waals surface area contributed by atoms with Crippen molar-refractivity contribution in [2.24, 2.45) is 5.41 Å². The number of aromatic nitrogens is 3. The Morgan fingerprint density at radius 1 is 1.18 bits per heavy atom. The summed E-state index contributed by atoms with van der Waals surface area (Å²) in [4.78, 5) is 38.0. The van der Waals surface area contributed by atoms with Crippen LogP contribution in [0.5, 0.6) is 0 Å². The first-order valence-electron chi connectivity index (χ1n) is 12.9. The smallest absolute Gasteiger partial charge is 0.420 e. The number of ether oxygens (including phenoxy) is 2. The molecule has 0 saturated carbocycles. The number of nitrogens with zero attached hydrogens (tertiary/aromatic N) is 5. The topological polar surface area (TPSA) is 122 Å². The molecule has 11 heteroatoms. The van der Waals surface area contributed by atoms with E-state index in [2.05, 4.69) is 16.4 Å². The minimum Gasteiger partial charge on any atom is -0.443 e. The van der Waals surface area contributed by atoms with Crippen LogP contribution in [0, 0.1) is 23.7 Å². The molecule has 204 valence electrons. The van der Waals surface area contributed by atoms with Crippen molar-refractivity contribution in [1.29, 1.82) is 5.26 Å². The van der Waals surface area contributed by atoms with Crippen LogP contribution in [0.15, 0.2) is 42.6 Å². The molecule has 1 N–H and O–H groups in total. The van der Waals surface area contributed by atoms with Gasteiger partial charge in [-0.1, -0.05) is 23.5 Å². The van der Waals surface area contributed by atoms with Crippen LogP contribution in [-0.4, -0.2) is 63.5 Å². The van der Waals surface area contributed by atoms with Gasteiger partial charge in [-0.25, -0.2) is 24.1 Å². The molecule has 5 heterocycles. The van der Waals surface area contributed by atoms with Gasteiger partial charge in [0, 0.05) is 41.5 Å². The number of hydrogen-bond donors (Lipinski definition) is 1. The molecular weight excluding hydrogens is 528 g/mol. The lowest BCUT2D eigenvalue weighted by Gasteiger charge is -2.54. The van der Waals surface area contributed by atoms with Gasteiger partial charge in [-0.2, -0.15) is 5.26 Å². The van der Waals surface area contributed by atoms with E-state index in [4.69, 9.17) is 14.5 Å². The summed E-state index contributed by atoms with van der Waals surface area (Å²) in [5.41, 5.74) is 3.30. The molecule has 4 aromatic rings. The molecule has 6 rings (SSSR count). The molecule has 40 heavy (non-hydrogen) atoms. The van der Waals surface area contributed by atoms with Crippen molar-refractivity contribution >= 4 is 39.6 Å². The Morgan fingerprint density at radius 3 is 2.62 bits per heavy atom. The molecule has 0 aliphatic carbocycles. The van der Waals surface area contributed by atoms with Gasteiger partial charge in [0.2, 0.25) is 0 Å². The molecule has 2 aliphatic rings. The molecule has 0 bridgehead atoms. The van der Waals surface area contributed by atoms with Crippen molar-refractivity contribution < 1.29 is 19.1 Å². The maximum absolute atomic E-state index is 13.0. The van der Waals surface area contributed by atoms with Crippen LogP contribution in [0.4, 0.5) is 14.7 Å². The van der Waals surface area contributed by atoms with Gasteiger partial charge >= 0.3 is 12.1 Å². The van der Waals surface area contributed by atoms with Gasteiger partial charge in [0.1, 0.15) is 11.2 Å². The summed E-state index contributed by atoms with van der Waals surface area (Å²) in [5, 5.41) is 13.6. The fraction of sp³-hybridized carbons (Fsp3) is 0.345. The van der Waals surface area contributed by atoms with E-state index in [0.29, 0.717) is 54.0 Å². The highest BCUT2D eigenvalue weighted by atomic mass is 32.1.